The summed E-state index contributed by atoms with van der Waals surface area (Å²) in [5.41, 5.74) is 1.06. The van der Waals surface area contributed by atoms with Crippen molar-refractivity contribution >= 4 is 17.6 Å². The van der Waals surface area contributed by atoms with Crippen LogP contribution in [0, 0.1) is 12.3 Å². The molecule has 1 aliphatic rings. The maximum atomic E-state index is 12.8. The highest BCUT2D eigenvalue weighted by atomic mass is 16.5. The van der Waals surface area contributed by atoms with Crippen molar-refractivity contribution in [2.24, 2.45) is 5.41 Å². The van der Waals surface area contributed by atoms with Gasteiger partial charge < -0.3 is 15.2 Å². The molecule has 23 heavy (non-hydrogen) atoms. The number of rotatable bonds is 7. The van der Waals surface area contributed by atoms with Gasteiger partial charge in [-0.1, -0.05) is 18.9 Å². The number of hydrogen-bond donors (Lipinski definition) is 2. The molecule has 0 heterocycles. The summed E-state index contributed by atoms with van der Waals surface area (Å²) < 4.78 is 5.43. The Morgan fingerprint density at radius 1 is 1.30 bits per heavy atom. The largest absolute Gasteiger partial charge is 0.478 e. The van der Waals surface area contributed by atoms with Gasteiger partial charge in [0.1, 0.15) is 0 Å². The normalized spacial score (nSPS) is 16.3. The summed E-state index contributed by atoms with van der Waals surface area (Å²) in [4.78, 5) is 24.0. The zero-order valence-electron chi connectivity index (χ0n) is 13.9. The number of ether oxygens (including phenoxy) is 1. The van der Waals surface area contributed by atoms with Crippen LogP contribution in [0.3, 0.4) is 0 Å². The first-order valence-corrected chi connectivity index (χ1v) is 8.22. The maximum absolute atomic E-state index is 12.8. The van der Waals surface area contributed by atoms with Gasteiger partial charge in [-0.3, -0.25) is 4.79 Å². The molecule has 5 nitrogen and oxygen atoms in total. The molecule has 0 aliphatic heterocycles. The molecule has 1 fully saturated rings. The van der Waals surface area contributed by atoms with E-state index in [1.54, 1.807) is 19.1 Å². The molecule has 0 aromatic heterocycles. The van der Waals surface area contributed by atoms with E-state index in [0.717, 1.165) is 25.7 Å². The Balaban J connectivity index is 2.12. The van der Waals surface area contributed by atoms with Crippen LogP contribution in [0.2, 0.25) is 0 Å². The Morgan fingerprint density at radius 3 is 2.61 bits per heavy atom. The van der Waals surface area contributed by atoms with E-state index >= 15 is 0 Å². The topological polar surface area (TPSA) is 75.6 Å². The van der Waals surface area contributed by atoms with Crippen molar-refractivity contribution in [1.82, 2.24) is 0 Å². The molecule has 5 heteroatoms. The first-order valence-electron chi connectivity index (χ1n) is 8.22. The fraction of sp³-hybridized carbons (Fsp3) is 0.556. The summed E-state index contributed by atoms with van der Waals surface area (Å²) in [6.07, 6.45) is 4.54. The summed E-state index contributed by atoms with van der Waals surface area (Å²) in [5, 5.41) is 12.1. The highest BCUT2D eigenvalue weighted by Crippen LogP contribution is 2.42. The van der Waals surface area contributed by atoms with Gasteiger partial charge >= 0.3 is 5.97 Å². The zero-order chi connectivity index (χ0) is 16.9. The van der Waals surface area contributed by atoms with Crippen LogP contribution in [0.1, 0.15) is 54.9 Å². The van der Waals surface area contributed by atoms with Gasteiger partial charge in [0.25, 0.3) is 0 Å². The molecule has 0 bridgehead atoms. The van der Waals surface area contributed by atoms with Gasteiger partial charge in [0.2, 0.25) is 5.91 Å². The smallest absolute Gasteiger partial charge is 0.336 e. The molecule has 2 N–H and O–H groups in total. The third kappa shape index (κ3) is 4.10. The van der Waals surface area contributed by atoms with Gasteiger partial charge in [0.15, 0.2) is 0 Å². The van der Waals surface area contributed by atoms with Crippen LogP contribution in [0.4, 0.5) is 5.69 Å². The minimum absolute atomic E-state index is 0.0186. The molecular weight excluding hydrogens is 294 g/mol. The fourth-order valence-corrected chi connectivity index (χ4v) is 3.25. The van der Waals surface area contributed by atoms with Crippen molar-refractivity contribution in [2.75, 3.05) is 18.5 Å². The molecule has 1 aromatic carbocycles. The lowest BCUT2D eigenvalue weighted by molar-refractivity contribution is -0.126. The first-order chi connectivity index (χ1) is 11.0. The summed E-state index contributed by atoms with van der Waals surface area (Å²) >= 11 is 0. The molecule has 1 aromatic rings. The number of hydrogen-bond acceptors (Lipinski definition) is 3. The zero-order valence-corrected chi connectivity index (χ0v) is 13.9. The molecule has 0 saturated heterocycles. The fourth-order valence-electron chi connectivity index (χ4n) is 3.25. The summed E-state index contributed by atoms with van der Waals surface area (Å²) in [6, 6.07) is 5.01. The van der Waals surface area contributed by atoms with Crippen molar-refractivity contribution < 1.29 is 19.4 Å². The predicted molar refractivity (Wildman–Crippen MR) is 88.8 cm³/mol. The quantitative estimate of drug-likeness (QED) is 0.753. The maximum Gasteiger partial charge on any atom is 0.336 e. The predicted octanol–water partition coefficient (Wildman–Crippen LogP) is 3.62. The molecule has 0 unspecified atom stereocenters. The van der Waals surface area contributed by atoms with Gasteiger partial charge in [-0.25, -0.2) is 4.79 Å². The van der Waals surface area contributed by atoms with Crippen LogP contribution < -0.4 is 5.32 Å². The molecule has 1 saturated carbocycles. The highest BCUT2D eigenvalue weighted by Gasteiger charge is 2.40. The third-order valence-electron chi connectivity index (χ3n) is 4.70. The summed E-state index contributed by atoms with van der Waals surface area (Å²) in [5.74, 6) is -1.000. The third-order valence-corrected chi connectivity index (χ3v) is 4.70. The van der Waals surface area contributed by atoms with Crippen molar-refractivity contribution in [3.05, 3.63) is 29.3 Å². The van der Waals surface area contributed by atoms with E-state index in [1.165, 1.54) is 6.07 Å². The van der Waals surface area contributed by atoms with Gasteiger partial charge in [0, 0.05) is 18.9 Å². The van der Waals surface area contributed by atoms with Crippen molar-refractivity contribution in [2.45, 2.75) is 46.0 Å². The molecular formula is C18H25NO4. The van der Waals surface area contributed by atoms with Gasteiger partial charge in [-0.15, -0.1) is 0 Å². The number of carbonyl (C=O) groups is 2. The number of carboxylic acids is 1. The molecule has 1 aliphatic carbocycles. The van der Waals surface area contributed by atoms with E-state index in [1.807, 2.05) is 6.92 Å². The van der Waals surface area contributed by atoms with Crippen LogP contribution in [0.15, 0.2) is 18.2 Å². The minimum atomic E-state index is -0.981. The van der Waals surface area contributed by atoms with E-state index in [9.17, 15) is 14.7 Å². The Kier molecular flexibility index (Phi) is 5.77. The summed E-state index contributed by atoms with van der Waals surface area (Å²) in [6.45, 7) is 4.92. The number of carbonyl (C=O) groups excluding carboxylic acids is 1. The Morgan fingerprint density at radius 2 is 2.00 bits per heavy atom. The molecule has 1 amide bonds. The molecule has 0 spiro atoms. The number of aromatic carboxylic acids is 1. The Bertz CT molecular complexity index is 576. The second kappa shape index (κ2) is 7.59. The average Bonchev–Trinajstić information content (AvgIpc) is 2.99. The van der Waals surface area contributed by atoms with Crippen LogP contribution in [-0.2, 0) is 9.53 Å². The summed E-state index contributed by atoms with van der Waals surface area (Å²) in [7, 11) is 0. The first kappa shape index (κ1) is 17.5. The Labute approximate surface area is 137 Å². The standard InChI is InChI=1S/C18H25NO4/c1-3-23-11-10-18(8-4-5-9-18)17(22)19-14-7-6-13(2)15(12-14)16(20)21/h6-7,12H,3-5,8-11H2,1-2H3,(H,19,22)(H,20,21). The van der Waals surface area contributed by atoms with Crippen molar-refractivity contribution in [3.63, 3.8) is 0 Å². The molecule has 0 radical (unpaired) electrons. The second-order valence-electron chi connectivity index (χ2n) is 6.22. The number of amides is 1. The van der Waals surface area contributed by atoms with Crippen LogP contribution in [0.5, 0.6) is 0 Å². The minimum Gasteiger partial charge on any atom is -0.478 e. The lowest BCUT2D eigenvalue weighted by Crippen LogP contribution is -2.35. The number of benzene rings is 1. The van der Waals surface area contributed by atoms with E-state index in [0.29, 0.717) is 30.9 Å². The van der Waals surface area contributed by atoms with Crippen molar-refractivity contribution in [3.8, 4) is 0 Å². The van der Waals surface area contributed by atoms with Crippen LogP contribution in [0.25, 0.3) is 0 Å². The van der Waals surface area contributed by atoms with E-state index in [2.05, 4.69) is 5.32 Å². The molecule has 126 valence electrons. The number of aryl methyl sites for hydroxylation is 1. The van der Waals surface area contributed by atoms with E-state index < -0.39 is 5.97 Å². The second-order valence-corrected chi connectivity index (χ2v) is 6.22. The monoisotopic (exact) mass is 319 g/mol. The highest BCUT2D eigenvalue weighted by molar-refractivity contribution is 5.97. The van der Waals surface area contributed by atoms with E-state index in [-0.39, 0.29) is 16.9 Å². The van der Waals surface area contributed by atoms with Gasteiger partial charge in [-0.2, -0.15) is 0 Å². The van der Waals surface area contributed by atoms with Crippen molar-refractivity contribution in [1.29, 1.82) is 0 Å². The van der Waals surface area contributed by atoms with Gasteiger partial charge in [-0.05, 0) is 50.8 Å². The lowest BCUT2D eigenvalue weighted by Gasteiger charge is -2.27. The van der Waals surface area contributed by atoms with E-state index in [4.69, 9.17) is 4.74 Å². The Hall–Kier alpha value is -1.88. The number of carboxylic acid groups (broad SMARTS) is 1. The number of anilines is 1. The molecule has 2 rings (SSSR count). The average molecular weight is 319 g/mol. The van der Waals surface area contributed by atoms with Crippen LogP contribution >= 0.6 is 0 Å². The molecule has 0 atom stereocenters. The SMILES string of the molecule is CCOCCC1(C(=O)Nc2ccc(C)c(C(=O)O)c2)CCCC1. The van der Waals surface area contributed by atoms with Gasteiger partial charge in [0.05, 0.1) is 11.0 Å². The van der Waals surface area contributed by atoms with Crippen LogP contribution in [-0.4, -0.2) is 30.2 Å². The lowest BCUT2D eigenvalue weighted by atomic mass is 9.82. The number of nitrogens with one attached hydrogen (secondary N) is 1.